The van der Waals surface area contributed by atoms with E-state index in [2.05, 4.69) is 24.1 Å². The molecule has 2 N–H and O–H groups in total. The minimum Gasteiger partial charge on any atom is -0.478 e. The lowest BCUT2D eigenvalue weighted by molar-refractivity contribution is 0.0697. The number of hydrogen-bond donors (Lipinski definition) is 2. The highest BCUT2D eigenvalue weighted by Gasteiger charge is 2.32. The van der Waals surface area contributed by atoms with Crippen LogP contribution in [0, 0.1) is 5.41 Å². The van der Waals surface area contributed by atoms with Crippen molar-refractivity contribution in [2.24, 2.45) is 5.41 Å². The zero-order chi connectivity index (χ0) is 13.2. The molecule has 1 aromatic heterocycles. The number of nitrogens with zero attached hydrogens (tertiary/aromatic N) is 1. The number of hydrogen-bond acceptors (Lipinski definition) is 3. The van der Waals surface area contributed by atoms with Gasteiger partial charge in [-0.15, -0.1) is 0 Å². The Morgan fingerprint density at radius 1 is 1.50 bits per heavy atom. The summed E-state index contributed by atoms with van der Waals surface area (Å²) in [7, 11) is 0. The van der Waals surface area contributed by atoms with Crippen molar-refractivity contribution in [2.45, 2.75) is 45.6 Å². The Balaban J connectivity index is 2.21. The van der Waals surface area contributed by atoms with Gasteiger partial charge in [-0.2, -0.15) is 0 Å². The Kier molecular flexibility index (Phi) is 3.55. The molecule has 1 aliphatic rings. The first-order chi connectivity index (χ1) is 8.50. The molecule has 0 radical (unpaired) electrons. The molecule has 1 heterocycles. The minimum atomic E-state index is -0.931. The van der Waals surface area contributed by atoms with E-state index in [4.69, 9.17) is 5.11 Å². The van der Waals surface area contributed by atoms with Crippen LogP contribution in [0.4, 0.5) is 5.69 Å². The number of aromatic nitrogens is 1. The first-order valence-electron chi connectivity index (χ1n) is 6.44. The molecule has 0 bridgehead atoms. The molecule has 1 aromatic rings. The fraction of sp³-hybridized carbons (Fsp3) is 0.571. The van der Waals surface area contributed by atoms with Gasteiger partial charge >= 0.3 is 5.97 Å². The molecular formula is C14H20N2O2. The number of anilines is 1. The third kappa shape index (κ3) is 2.63. The molecule has 2 rings (SSSR count). The van der Waals surface area contributed by atoms with Crippen LogP contribution in [0.25, 0.3) is 0 Å². The van der Waals surface area contributed by atoms with Gasteiger partial charge in [-0.05, 0) is 24.3 Å². The normalized spacial score (nSPS) is 22.4. The van der Waals surface area contributed by atoms with E-state index in [9.17, 15) is 4.79 Å². The van der Waals surface area contributed by atoms with Crippen LogP contribution in [0.5, 0.6) is 0 Å². The highest BCUT2D eigenvalue weighted by Crippen LogP contribution is 2.37. The van der Waals surface area contributed by atoms with Crippen LogP contribution in [0.2, 0.25) is 0 Å². The average molecular weight is 248 g/mol. The van der Waals surface area contributed by atoms with Gasteiger partial charge < -0.3 is 10.4 Å². The van der Waals surface area contributed by atoms with E-state index in [1.807, 2.05) is 0 Å². The van der Waals surface area contributed by atoms with E-state index < -0.39 is 5.97 Å². The van der Waals surface area contributed by atoms with Crippen molar-refractivity contribution in [2.75, 3.05) is 5.32 Å². The van der Waals surface area contributed by atoms with Crippen molar-refractivity contribution in [1.29, 1.82) is 0 Å². The molecule has 98 valence electrons. The van der Waals surface area contributed by atoms with Crippen LogP contribution in [0.15, 0.2) is 18.5 Å². The second-order valence-electron chi connectivity index (χ2n) is 5.66. The Morgan fingerprint density at radius 3 is 2.94 bits per heavy atom. The van der Waals surface area contributed by atoms with Crippen LogP contribution in [0.1, 0.15) is 49.9 Å². The zero-order valence-electron chi connectivity index (χ0n) is 10.9. The van der Waals surface area contributed by atoms with Gasteiger partial charge in [0, 0.05) is 18.4 Å². The number of carboxylic acids is 1. The lowest BCUT2D eigenvalue weighted by Crippen LogP contribution is -2.39. The van der Waals surface area contributed by atoms with Gasteiger partial charge in [0.25, 0.3) is 0 Å². The lowest BCUT2D eigenvalue weighted by atomic mass is 9.73. The monoisotopic (exact) mass is 248 g/mol. The fourth-order valence-corrected chi connectivity index (χ4v) is 2.64. The third-order valence-corrected chi connectivity index (χ3v) is 3.89. The Hall–Kier alpha value is -1.58. The molecule has 4 heteroatoms. The van der Waals surface area contributed by atoms with Crippen LogP contribution in [-0.2, 0) is 0 Å². The lowest BCUT2D eigenvalue weighted by Gasteiger charge is -2.39. The summed E-state index contributed by atoms with van der Waals surface area (Å²) < 4.78 is 0. The Bertz CT molecular complexity index is 443. The molecule has 1 aliphatic carbocycles. The van der Waals surface area contributed by atoms with E-state index in [0.717, 1.165) is 6.42 Å². The van der Waals surface area contributed by atoms with Gasteiger partial charge in [-0.3, -0.25) is 4.98 Å². The summed E-state index contributed by atoms with van der Waals surface area (Å²) in [6.07, 6.45) is 7.76. The molecule has 1 saturated carbocycles. The highest BCUT2D eigenvalue weighted by atomic mass is 16.4. The molecule has 1 unspecified atom stereocenters. The van der Waals surface area contributed by atoms with Crippen LogP contribution in [-0.4, -0.2) is 22.1 Å². The summed E-state index contributed by atoms with van der Waals surface area (Å²) in [5.41, 5.74) is 1.13. The van der Waals surface area contributed by atoms with Gasteiger partial charge in [-0.1, -0.05) is 26.7 Å². The van der Waals surface area contributed by atoms with Crippen molar-refractivity contribution < 1.29 is 9.90 Å². The molecule has 0 saturated heterocycles. The Morgan fingerprint density at radius 2 is 2.28 bits per heavy atom. The summed E-state index contributed by atoms with van der Waals surface area (Å²) in [5.74, 6) is -0.931. The number of carboxylic acid groups (broad SMARTS) is 1. The number of carbonyl (C=O) groups is 1. The molecule has 0 aromatic carbocycles. The summed E-state index contributed by atoms with van der Waals surface area (Å²) in [6.45, 7) is 4.48. The van der Waals surface area contributed by atoms with Gasteiger partial charge in [0.15, 0.2) is 0 Å². The maximum atomic E-state index is 11.1. The van der Waals surface area contributed by atoms with Gasteiger partial charge in [0.05, 0.1) is 5.69 Å². The van der Waals surface area contributed by atoms with E-state index in [0.29, 0.717) is 11.7 Å². The average Bonchev–Trinajstić information content (AvgIpc) is 2.32. The zero-order valence-corrected chi connectivity index (χ0v) is 10.9. The molecule has 4 nitrogen and oxygen atoms in total. The smallest absolute Gasteiger partial charge is 0.339 e. The molecule has 0 aliphatic heterocycles. The summed E-state index contributed by atoms with van der Waals surface area (Å²) in [5, 5.41) is 12.5. The van der Waals surface area contributed by atoms with Gasteiger partial charge in [0.2, 0.25) is 0 Å². The summed E-state index contributed by atoms with van der Waals surface area (Å²) in [6, 6.07) is 2.07. The topological polar surface area (TPSA) is 62.2 Å². The number of nitrogens with one attached hydrogen (secondary N) is 1. The standard InChI is InChI=1S/C14H20N2O2/c1-14(2)7-4-3-5-12(14)16-11-6-8-15-9-10(11)13(17)18/h6,8-9,12H,3-5,7H2,1-2H3,(H,15,16)(H,17,18). The van der Waals surface area contributed by atoms with E-state index in [1.54, 1.807) is 12.3 Å². The number of aromatic carboxylic acids is 1. The number of pyridine rings is 1. The van der Waals surface area contributed by atoms with Crippen molar-refractivity contribution in [3.63, 3.8) is 0 Å². The second-order valence-corrected chi connectivity index (χ2v) is 5.66. The third-order valence-electron chi connectivity index (χ3n) is 3.89. The Labute approximate surface area is 107 Å². The first-order valence-corrected chi connectivity index (χ1v) is 6.44. The first kappa shape index (κ1) is 12.9. The molecule has 0 amide bonds. The largest absolute Gasteiger partial charge is 0.478 e. The second kappa shape index (κ2) is 4.96. The van der Waals surface area contributed by atoms with E-state index in [1.165, 1.54) is 25.5 Å². The minimum absolute atomic E-state index is 0.206. The van der Waals surface area contributed by atoms with Gasteiger partial charge in [-0.25, -0.2) is 4.79 Å². The molecule has 1 fully saturated rings. The van der Waals surface area contributed by atoms with Crippen molar-refractivity contribution in [3.05, 3.63) is 24.0 Å². The molecular weight excluding hydrogens is 228 g/mol. The number of rotatable bonds is 3. The SMILES string of the molecule is CC1(C)CCCCC1Nc1ccncc1C(=O)O. The maximum Gasteiger partial charge on any atom is 0.339 e. The fourth-order valence-electron chi connectivity index (χ4n) is 2.64. The summed E-state index contributed by atoms with van der Waals surface area (Å²) >= 11 is 0. The van der Waals surface area contributed by atoms with Crippen molar-refractivity contribution in [1.82, 2.24) is 4.98 Å². The van der Waals surface area contributed by atoms with E-state index >= 15 is 0 Å². The molecule has 1 atom stereocenters. The van der Waals surface area contributed by atoms with Crippen LogP contribution >= 0.6 is 0 Å². The molecule has 18 heavy (non-hydrogen) atoms. The van der Waals surface area contributed by atoms with Crippen LogP contribution in [0.3, 0.4) is 0 Å². The quantitative estimate of drug-likeness (QED) is 0.862. The maximum absolute atomic E-state index is 11.1. The van der Waals surface area contributed by atoms with Gasteiger partial charge in [0.1, 0.15) is 5.56 Å². The predicted octanol–water partition coefficient (Wildman–Crippen LogP) is 3.16. The van der Waals surface area contributed by atoms with Crippen molar-refractivity contribution >= 4 is 11.7 Å². The van der Waals surface area contributed by atoms with Crippen LogP contribution < -0.4 is 5.32 Å². The van der Waals surface area contributed by atoms with E-state index in [-0.39, 0.29) is 11.0 Å². The predicted molar refractivity (Wildman–Crippen MR) is 70.9 cm³/mol. The summed E-state index contributed by atoms with van der Waals surface area (Å²) in [4.78, 5) is 15.0. The van der Waals surface area contributed by atoms with Crippen molar-refractivity contribution in [3.8, 4) is 0 Å². The highest BCUT2D eigenvalue weighted by molar-refractivity contribution is 5.93. The molecule has 0 spiro atoms.